The van der Waals surface area contributed by atoms with Crippen molar-refractivity contribution in [2.45, 2.75) is 19.4 Å². The SMILES string of the molecule is O=C(Cc1ccc(F)cc1)N(CCc1cccs1)Cc1ccoc1. The van der Waals surface area contributed by atoms with Crippen LogP contribution in [0.15, 0.2) is 64.8 Å². The number of benzene rings is 1. The largest absolute Gasteiger partial charge is 0.472 e. The third kappa shape index (κ3) is 4.55. The molecule has 2 aromatic heterocycles. The second-order valence-corrected chi connectivity index (χ2v) is 6.61. The fourth-order valence-corrected chi connectivity index (χ4v) is 3.18. The molecule has 0 fully saturated rings. The van der Waals surface area contributed by atoms with Crippen LogP contribution in [-0.2, 0) is 24.2 Å². The first-order chi connectivity index (χ1) is 11.7. The summed E-state index contributed by atoms with van der Waals surface area (Å²) in [4.78, 5) is 15.8. The summed E-state index contributed by atoms with van der Waals surface area (Å²) in [5, 5.41) is 2.04. The summed E-state index contributed by atoms with van der Waals surface area (Å²) in [5.41, 5.74) is 1.78. The minimum Gasteiger partial charge on any atom is -0.472 e. The van der Waals surface area contributed by atoms with E-state index in [1.807, 2.05) is 22.4 Å². The monoisotopic (exact) mass is 343 g/mol. The number of hydrogen-bond acceptors (Lipinski definition) is 3. The number of thiophene rings is 1. The number of furan rings is 1. The van der Waals surface area contributed by atoms with Gasteiger partial charge in [-0.05, 0) is 41.6 Å². The summed E-state index contributed by atoms with van der Waals surface area (Å²) < 4.78 is 18.1. The molecule has 0 N–H and O–H groups in total. The number of carbonyl (C=O) groups excluding carboxylic acids is 1. The maximum Gasteiger partial charge on any atom is 0.227 e. The predicted molar refractivity (Wildman–Crippen MR) is 92.3 cm³/mol. The number of amides is 1. The van der Waals surface area contributed by atoms with Crippen molar-refractivity contribution in [1.29, 1.82) is 0 Å². The summed E-state index contributed by atoms with van der Waals surface area (Å²) in [7, 11) is 0. The standard InChI is InChI=1S/C19H18FNO2S/c20-17-5-3-15(4-6-17)12-19(22)21(13-16-8-10-23-14-16)9-7-18-2-1-11-24-18/h1-6,8,10-11,14H,7,9,12-13H2. The normalized spacial score (nSPS) is 10.7. The Morgan fingerprint density at radius 2 is 1.96 bits per heavy atom. The van der Waals surface area contributed by atoms with Gasteiger partial charge in [0.1, 0.15) is 5.82 Å². The second-order valence-electron chi connectivity index (χ2n) is 5.58. The molecule has 0 saturated carbocycles. The highest BCUT2D eigenvalue weighted by Crippen LogP contribution is 2.14. The van der Waals surface area contributed by atoms with E-state index in [9.17, 15) is 9.18 Å². The van der Waals surface area contributed by atoms with Crippen molar-refractivity contribution in [1.82, 2.24) is 4.90 Å². The molecule has 3 nitrogen and oxygen atoms in total. The lowest BCUT2D eigenvalue weighted by Gasteiger charge is -2.22. The predicted octanol–water partition coefficient (Wildman–Crippen LogP) is 4.29. The van der Waals surface area contributed by atoms with Gasteiger partial charge in [0.15, 0.2) is 0 Å². The van der Waals surface area contributed by atoms with Gasteiger partial charge >= 0.3 is 0 Å². The Kier molecular flexibility index (Phi) is 5.43. The lowest BCUT2D eigenvalue weighted by atomic mass is 10.1. The van der Waals surface area contributed by atoms with E-state index >= 15 is 0 Å². The molecular weight excluding hydrogens is 325 g/mol. The Hall–Kier alpha value is -2.40. The Balaban J connectivity index is 1.67. The molecule has 2 heterocycles. The third-order valence-electron chi connectivity index (χ3n) is 3.78. The van der Waals surface area contributed by atoms with E-state index in [2.05, 4.69) is 6.07 Å². The van der Waals surface area contributed by atoms with Crippen molar-refractivity contribution in [3.8, 4) is 0 Å². The molecule has 0 radical (unpaired) electrons. The van der Waals surface area contributed by atoms with E-state index in [4.69, 9.17) is 4.42 Å². The number of carbonyl (C=O) groups is 1. The van der Waals surface area contributed by atoms with Gasteiger partial charge in [-0.1, -0.05) is 18.2 Å². The van der Waals surface area contributed by atoms with Crippen LogP contribution in [0.3, 0.4) is 0 Å². The first-order valence-corrected chi connectivity index (χ1v) is 8.64. The molecule has 0 aliphatic rings. The van der Waals surface area contributed by atoms with Gasteiger partial charge in [-0.2, -0.15) is 0 Å². The third-order valence-corrected chi connectivity index (χ3v) is 4.72. The van der Waals surface area contributed by atoms with Crippen molar-refractivity contribution >= 4 is 17.2 Å². The van der Waals surface area contributed by atoms with Crippen LogP contribution < -0.4 is 0 Å². The van der Waals surface area contributed by atoms with E-state index in [1.165, 1.54) is 17.0 Å². The summed E-state index contributed by atoms with van der Waals surface area (Å²) in [5.74, 6) is -0.265. The molecule has 1 amide bonds. The molecule has 1 aromatic carbocycles. The van der Waals surface area contributed by atoms with Crippen LogP contribution in [0, 0.1) is 5.82 Å². The van der Waals surface area contributed by atoms with Crippen LogP contribution in [0.5, 0.6) is 0 Å². The average Bonchev–Trinajstić information content (AvgIpc) is 3.27. The van der Waals surface area contributed by atoms with Crippen molar-refractivity contribution in [3.63, 3.8) is 0 Å². The average molecular weight is 343 g/mol. The molecule has 0 saturated heterocycles. The van der Waals surface area contributed by atoms with Crippen LogP contribution in [0.2, 0.25) is 0 Å². The number of nitrogens with zero attached hydrogens (tertiary/aromatic N) is 1. The molecule has 0 unspecified atom stereocenters. The lowest BCUT2D eigenvalue weighted by molar-refractivity contribution is -0.131. The highest BCUT2D eigenvalue weighted by molar-refractivity contribution is 7.09. The van der Waals surface area contributed by atoms with Crippen LogP contribution in [0.4, 0.5) is 4.39 Å². The molecule has 24 heavy (non-hydrogen) atoms. The first-order valence-electron chi connectivity index (χ1n) is 7.76. The van der Waals surface area contributed by atoms with E-state index in [1.54, 1.807) is 36.0 Å². The molecule has 0 spiro atoms. The number of halogens is 1. The van der Waals surface area contributed by atoms with Crippen molar-refractivity contribution in [2.24, 2.45) is 0 Å². The van der Waals surface area contributed by atoms with Crippen molar-refractivity contribution < 1.29 is 13.6 Å². The van der Waals surface area contributed by atoms with Gasteiger partial charge in [0, 0.05) is 23.5 Å². The highest BCUT2D eigenvalue weighted by Gasteiger charge is 2.15. The zero-order chi connectivity index (χ0) is 16.8. The topological polar surface area (TPSA) is 33.5 Å². The van der Waals surface area contributed by atoms with Crippen LogP contribution in [0.25, 0.3) is 0 Å². The number of hydrogen-bond donors (Lipinski definition) is 0. The van der Waals surface area contributed by atoms with Crippen LogP contribution >= 0.6 is 11.3 Å². The maximum absolute atomic E-state index is 13.0. The molecule has 3 rings (SSSR count). The van der Waals surface area contributed by atoms with Gasteiger partial charge in [-0.15, -0.1) is 11.3 Å². The van der Waals surface area contributed by atoms with E-state index in [0.29, 0.717) is 13.1 Å². The van der Waals surface area contributed by atoms with Gasteiger partial charge in [-0.25, -0.2) is 4.39 Å². The zero-order valence-electron chi connectivity index (χ0n) is 13.2. The minimum absolute atomic E-state index is 0.0272. The number of rotatable bonds is 7. The summed E-state index contributed by atoms with van der Waals surface area (Å²) in [6.45, 7) is 1.16. The Morgan fingerprint density at radius 3 is 2.62 bits per heavy atom. The Morgan fingerprint density at radius 1 is 1.12 bits per heavy atom. The van der Waals surface area contributed by atoms with Crippen LogP contribution in [0.1, 0.15) is 16.0 Å². The molecule has 3 aromatic rings. The van der Waals surface area contributed by atoms with E-state index < -0.39 is 0 Å². The van der Waals surface area contributed by atoms with Crippen molar-refractivity contribution in [2.75, 3.05) is 6.54 Å². The van der Waals surface area contributed by atoms with E-state index in [-0.39, 0.29) is 18.1 Å². The molecule has 5 heteroatoms. The maximum atomic E-state index is 13.0. The smallest absolute Gasteiger partial charge is 0.227 e. The fourth-order valence-electron chi connectivity index (χ4n) is 2.48. The Bertz CT molecular complexity index is 751. The molecule has 0 aliphatic heterocycles. The molecule has 0 aliphatic carbocycles. The summed E-state index contributed by atoms with van der Waals surface area (Å²) >= 11 is 1.69. The van der Waals surface area contributed by atoms with Gasteiger partial charge in [-0.3, -0.25) is 4.79 Å². The molecule has 0 atom stereocenters. The minimum atomic E-state index is -0.292. The summed E-state index contributed by atoms with van der Waals surface area (Å²) in [6.07, 6.45) is 4.35. The van der Waals surface area contributed by atoms with Gasteiger partial charge in [0.05, 0.1) is 18.9 Å². The van der Waals surface area contributed by atoms with Crippen molar-refractivity contribution in [3.05, 3.63) is 82.2 Å². The van der Waals surface area contributed by atoms with Gasteiger partial charge in [0.25, 0.3) is 0 Å². The van der Waals surface area contributed by atoms with E-state index in [0.717, 1.165) is 17.5 Å². The van der Waals surface area contributed by atoms with Crippen LogP contribution in [-0.4, -0.2) is 17.4 Å². The highest BCUT2D eigenvalue weighted by atomic mass is 32.1. The zero-order valence-corrected chi connectivity index (χ0v) is 14.0. The molecule has 124 valence electrons. The summed E-state index contributed by atoms with van der Waals surface area (Å²) in [6, 6.07) is 12.0. The van der Waals surface area contributed by atoms with Gasteiger partial charge in [0.2, 0.25) is 5.91 Å². The lowest BCUT2D eigenvalue weighted by Crippen LogP contribution is -2.33. The molecular formula is C19H18FNO2S. The quantitative estimate of drug-likeness (QED) is 0.641. The second kappa shape index (κ2) is 7.93. The van der Waals surface area contributed by atoms with Gasteiger partial charge < -0.3 is 9.32 Å². The Labute approximate surface area is 144 Å². The molecule has 0 bridgehead atoms. The fraction of sp³-hybridized carbons (Fsp3) is 0.211. The first kappa shape index (κ1) is 16.5.